The lowest BCUT2D eigenvalue weighted by Crippen LogP contribution is -2.46. The number of hydrazone groups is 1. The fourth-order valence-corrected chi connectivity index (χ4v) is 4.56. The van der Waals surface area contributed by atoms with E-state index in [2.05, 4.69) is 5.43 Å². The third kappa shape index (κ3) is 4.70. The third-order valence-electron chi connectivity index (χ3n) is 6.04. The number of benzene rings is 2. The molecule has 0 saturated carbocycles. The van der Waals surface area contributed by atoms with E-state index in [1.807, 2.05) is 65.5 Å². The summed E-state index contributed by atoms with van der Waals surface area (Å²) in [7, 11) is 1.65. The van der Waals surface area contributed by atoms with Crippen molar-refractivity contribution in [2.45, 2.75) is 38.6 Å². The van der Waals surface area contributed by atoms with Gasteiger partial charge in [-0.3, -0.25) is 15.2 Å². The van der Waals surface area contributed by atoms with Crippen LogP contribution in [0.1, 0.15) is 44.2 Å². The maximum atomic E-state index is 13.2. The van der Waals surface area contributed by atoms with Crippen LogP contribution in [0.3, 0.4) is 0 Å². The number of nitrogens with zero attached hydrogens (tertiary/aromatic N) is 3. The van der Waals surface area contributed by atoms with Crippen LogP contribution in [-0.4, -0.2) is 36.8 Å². The first-order chi connectivity index (χ1) is 15.1. The summed E-state index contributed by atoms with van der Waals surface area (Å²) in [6.45, 7) is 3.81. The highest BCUT2D eigenvalue weighted by Gasteiger charge is 2.40. The smallest absolute Gasteiger partial charge is 0.282 e. The summed E-state index contributed by atoms with van der Waals surface area (Å²) in [4.78, 5) is 13.2. The van der Waals surface area contributed by atoms with Crippen LogP contribution in [0.2, 0.25) is 5.02 Å². The molecule has 1 saturated heterocycles. The van der Waals surface area contributed by atoms with E-state index in [9.17, 15) is 4.79 Å². The molecule has 2 heterocycles. The highest BCUT2D eigenvalue weighted by Crippen LogP contribution is 2.41. The van der Waals surface area contributed by atoms with Gasteiger partial charge in [0.2, 0.25) is 0 Å². The highest BCUT2D eigenvalue weighted by molar-refractivity contribution is 6.40. The second-order valence-corrected chi connectivity index (χ2v) is 8.54. The molecule has 1 N–H and O–H groups in total. The van der Waals surface area contributed by atoms with E-state index in [0.717, 1.165) is 42.9 Å². The molecule has 164 valence electrons. The quantitative estimate of drug-likeness (QED) is 0.724. The van der Waals surface area contributed by atoms with Gasteiger partial charge >= 0.3 is 0 Å². The first-order valence-electron chi connectivity index (χ1n) is 10.9. The van der Waals surface area contributed by atoms with Gasteiger partial charge in [-0.05, 0) is 42.7 Å². The number of hydrogen-bond donors (Lipinski definition) is 1. The average molecular weight is 441 g/mol. The van der Waals surface area contributed by atoms with Gasteiger partial charge in [-0.2, -0.15) is 5.10 Å². The maximum absolute atomic E-state index is 13.2. The number of methoxy groups -OCH3 is 1. The molecule has 0 unspecified atom stereocenters. The van der Waals surface area contributed by atoms with E-state index in [4.69, 9.17) is 21.4 Å². The number of amides is 1. The normalized spacial score (nSPS) is 22.0. The minimum absolute atomic E-state index is 0.114. The van der Waals surface area contributed by atoms with E-state index in [0.29, 0.717) is 10.7 Å². The van der Waals surface area contributed by atoms with Crippen LogP contribution in [0.15, 0.2) is 53.6 Å². The number of rotatable bonds is 5. The number of anilines is 1. The first kappa shape index (κ1) is 21.7. The summed E-state index contributed by atoms with van der Waals surface area (Å²) >= 11 is 6.51. The molecule has 0 aliphatic carbocycles. The Kier molecular flexibility index (Phi) is 6.78. The number of para-hydroxylation sites is 1. The number of nitrogens with one attached hydrogen (secondary N) is 1. The monoisotopic (exact) mass is 440 g/mol. The van der Waals surface area contributed by atoms with Gasteiger partial charge in [0.15, 0.2) is 0 Å². The number of ether oxygens (including phenoxy) is 1. The van der Waals surface area contributed by atoms with Crippen LogP contribution in [-0.2, 0) is 4.79 Å². The summed E-state index contributed by atoms with van der Waals surface area (Å²) < 4.78 is 5.31. The molecule has 2 aliphatic rings. The lowest BCUT2D eigenvalue weighted by atomic mass is 9.91. The summed E-state index contributed by atoms with van der Waals surface area (Å²) in [5, 5.41) is 9.30. The molecule has 0 aromatic heterocycles. The van der Waals surface area contributed by atoms with Crippen molar-refractivity contribution in [3.8, 4) is 5.75 Å². The van der Waals surface area contributed by atoms with Crippen molar-refractivity contribution in [1.82, 2.24) is 10.4 Å². The summed E-state index contributed by atoms with van der Waals surface area (Å²) in [5.41, 5.74) is 5.45. The van der Waals surface area contributed by atoms with Gasteiger partial charge in [0.25, 0.3) is 5.91 Å². The Morgan fingerprint density at radius 3 is 2.39 bits per heavy atom. The Morgan fingerprint density at radius 1 is 1.06 bits per heavy atom. The minimum Gasteiger partial charge on any atom is -0.497 e. The van der Waals surface area contributed by atoms with Gasteiger partial charge in [0.05, 0.1) is 23.9 Å². The zero-order valence-electron chi connectivity index (χ0n) is 18.1. The molecule has 6 nitrogen and oxygen atoms in total. The molecular weight excluding hydrogens is 412 g/mol. The Morgan fingerprint density at radius 2 is 1.74 bits per heavy atom. The largest absolute Gasteiger partial charge is 0.497 e. The van der Waals surface area contributed by atoms with E-state index in [1.165, 1.54) is 12.8 Å². The molecule has 1 amide bonds. The van der Waals surface area contributed by atoms with Crippen LogP contribution in [0, 0.1) is 5.92 Å². The Labute approximate surface area is 188 Å². The standard InChI is InChI=1S/C24H29ClN4O2/c1-17-22(24(30)27-28-15-7-3-4-8-16-28)26-29(21-10-6-5-9-20(21)25)23(17)18-11-13-19(31-2)14-12-18/h5-6,9-14,17,23H,3-4,7-8,15-16H2,1-2H3,(H,27,30)/t17-,23+/m1/s1. The average Bonchev–Trinajstić information content (AvgIpc) is 2.94. The minimum atomic E-state index is -0.143. The summed E-state index contributed by atoms with van der Waals surface area (Å²) in [6.07, 6.45) is 4.62. The van der Waals surface area contributed by atoms with Gasteiger partial charge in [0.1, 0.15) is 11.5 Å². The number of hydrazine groups is 1. The second-order valence-electron chi connectivity index (χ2n) is 8.13. The first-order valence-corrected chi connectivity index (χ1v) is 11.3. The molecule has 0 spiro atoms. The Balaban J connectivity index is 1.64. The number of carbonyl (C=O) groups excluding carboxylic acids is 1. The molecule has 1 fully saturated rings. The lowest BCUT2D eigenvalue weighted by molar-refractivity contribution is -0.119. The highest BCUT2D eigenvalue weighted by atomic mass is 35.5. The van der Waals surface area contributed by atoms with Crippen molar-refractivity contribution in [2.24, 2.45) is 11.0 Å². The zero-order valence-corrected chi connectivity index (χ0v) is 18.8. The van der Waals surface area contributed by atoms with Gasteiger partial charge < -0.3 is 4.74 Å². The van der Waals surface area contributed by atoms with E-state index in [1.54, 1.807) is 7.11 Å². The van der Waals surface area contributed by atoms with E-state index >= 15 is 0 Å². The number of carbonyl (C=O) groups is 1. The Hall–Kier alpha value is -2.57. The maximum Gasteiger partial charge on any atom is 0.282 e. The van der Waals surface area contributed by atoms with Crippen LogP contribution in [0.5, 0.6) is 5.75 Å². The van der Waals surface area contributed by atoms with E-state index in [-0.39, 0.29) is 17.9 Å². The number of halogens is 1. The van der Waals surface area contributed by atoms with E-state index < -0.39 is 0 Å². The fraction of sp³-hybridized carbons (Fsp3) is 0.417. The SMILES string of the molecule is COc1ccc([C@@H]2[C@H](C)C(C(=O)NN3CCCCCC3)=NN2c2ccccc2Cl)cc1. The van der Waals surface area contributed by atoms with Crippen LogP contribution in [0.4, 0.5) is 5.69 Å². The zero-order chi connectivity index (χ0) is 21.8. The molecule has 2 aromatic rings. The fourth-order valence-electron chi connectivity index (χ4n) is 4.34. The van der Waals surface area contributed by atoms with Gasteiger partial charge in [-0.15, -0.1) is 0 Å². The van der Waals surface area contributed by atoms with Gasteiger partial charge in [-0.25, -0.2) is 5.01 Å². The molecule has 0 bridgehead atoms. The molecule has 2 aliphatic heterocycles. The van der Waals surface area contributed by atoms with Crippen molar-refractivity contribution in [3.05, 3.63) is 59.1 Å². The van der Waals surface area contributed by atoms with Gasteiger partial charge in [-0.1, -0.05) is 55.6 Å². The second kappa shape index (κ2) is 9.71. The molecular formula is C24H29ClN4O2. The molecule has 2 aromatic carbocycles. The van der Waals surface area contributed by atoms with Crippen molar-refractivity contribution in [3.63, 3.8) is 0 Å². The van der Waals surface area contributed by atoms with Crippen LogP contribution < -0.4 is 15.2 Å². The predicted octanol–water partition coefficient (Wildman–Crippen LogP) is 4.81. The molecule has 4 rings (SSSR count). The van der Waals surface area contributed by atoms with Crippen LogP contribution in [0.25, 0.3) is 0 Å². The topological polar surface area (TPSA) is 57.2 Å². The van der Waals surface area contributed by atoms with Crippen molar-refractivity contribution in [2.75, 3.05) is 25.2 Å². The summed E-state index contributed by atoms with van der Waals surface area (Å²) in [5.74, 6) is 0.540. The predicted molar refractivity (Wildman–Crippen MR) is 124 cm³/mol. The van der Waals surface area contributed by atoms with Crippen molar-refractivity contribution < 1.29 is 9.53 Å². The summed E-state index contributed by atoms with van der Waals surface area (Å²) in [6, 6.07) is 15.4. The lowest BCUT2D eigenvalue weighted by Gasteiger charge is -2.27. The van der Waals surface area contributed by atoms with Crippen molar-refractivity contribution >= 4 is 28.9 Å². The molecule has 31 heavy (non-hydrogen) atoms. The van der Waals surface area contributed by atoms with Crippen molar-refractivity contribution in [1.29, 1.82) is 0 Å². The Bertz CT molecular complexity index is 939. The molecule has 7 heteroatoms. The van der Waals surface area contributed by atoms with Crippen LogP contribution >= 0.6 is 11.6 Å². The molecule has 2 atom stereocenters. The molecule has 0 radical (unpaired) electrons. The third-order valence-corrected chi connectivity index (χ3v) is 6.36. The van der Waals surface area contributed by atoms with Gasteiger partial charge in [0, 0.05) is 19.0 Å². The number of hydrogen-bond acceptors (Lipinski definition) is 5.